The van der Waals surface area contributed by atoms with E-state index in [1.54, 1.807) is 0 Å². The van der Waals surface area contributed by atoms with Crippen molar-refractivity contribution in [2.45, 2.75) is 16.4 Å². The van der Waals surface area contributed by atoms with Crippen molar-refractivity contribution in [2.24, 2.45) is 0 Å². The molecule has 1 heterocycles. The van der Waals surface area contributed by atoms with E-state index in [0.717, 1.165) is 19.5 Å². The van der Waals surface area contributed by atoms with Crippen LogP contribution in [0.25, 0.3) is 0 Å². The molecule has 1 rings (SSSR count). The highest BCUT2D eigenvalue weighted by atomic mass is 127. The summed E-state index contributed by atoms with van der Waals surface area (Å²) in [7, 11) is 0. The van der Waals surface area contributed by atoms with Gasteiger partial charge in [-0.1, -0.05) is 22.6 Å². The highest BCUT2D eigenvalue weighted by Gasteiger charge is 2.18. The first-order chi connectivity index (χ1) is 3.80. The van der Waals surface area contributed by atoms with Gasteiger partial charge in [0.25, 0.3) is 0 Å². The zero-order valence-corrected chi connectivity index (χ0v) is 6.76. The Morgan fingerprint density at radius 1 is 1.62 bits per heavy atom. The Morgan fingerprint density at radius 3 is 2.75 bits per heavy atom. The molecule has 0 aromatic carbocycles. The summed E-state index contributed by atoms with van der Waals surface area (Å²) in [6, 6.07) is 0. The molecule has 8 heavy (non-hydrogen) atoms. The van der Waals surface area contributed by atoms with E-state index in [1.165, 1.54) is 0 Å². The van der Waals surface area contributed by atoms with Gasteiger partial charge in [-0.05, 0) is 13.0 Å². The van der Waals surface area contributed by atoms with E-state index < -0.39 is 0 Å². The maximum Gasteiger partial charge on any atom is 0.0782 e. The Labute approximate surface area is 62.8 Å². The molecule has 0 saturated carbocycles. The molecule has 1 aliphatic heterocycles. The lowest BCUT2D eigenvalue weighted by atomic mass is 10.1. The molecule has 2 N–H and O–H groups in total. The van der Waals surface area contributed by atoms with Gasteiger partial charge in [0, 0.05) is 10.5 Å². The topological polar surface area (TPSA) is 32.3 Å². The van der Waals surface area contributed by atoms with Crippen LogP contribution in [0, 0.1) is 0 Å². The van der Waals surface area contributed by atoms with E-state index in [0.29, 0.717) is 3.92 Å². The Kier molecular flexibility index (Phi) is 2.52. The fourth-order valence-electron chi connectivity index (χ4n) is 0.810. The molecule has 1 unspecified atom stereocenters. The summed E-state index contributed by atoms with van der Waals surface area (Å²) in [5.74, 6) is 0. The maximum absolute atomic E-state index is 9.11. The van der Waals surface area contributed by atoms with Gasteiger partial charge >= 0.3 is 0 Å². The predicted molar refractivity (Wildman–Crippen MR) is 41.3 cm³/mol. The summed E-state index contributed by atoms with van der Waals surface area (Å²) in [5.41, 5.74) is 0. The van der Waals surface area contributed by atoms with E-state index in [-0.39, 0.29) is 6.10 Å². The van der Waals surface area contributed by atoms with E-state index in [1.807, 2.05) is 0 Å². The summed E-state index contributed by atoms with van der Waals surface area (Å²) in [4.78, 5) is 0. The largest absolute Gasteiger partial charge is 0.391 e. The van der Waals surface area contributed by atoms with E-state index in [9.17, 15) is 0 Å². The summed E-state index contributed by atoms with van der Waals surface area (Å²) in [5, 5.41) is 12.2. The summed E-state index contributed by atoms with van der Waals surface area (Å²) >= 11 is 2.29. The summed E-state index contributed by atoms with van der Waals surface area (Å²) < 4.78 is 0.467. The number of aliphatic hydroxyl groups excluding tert-OH is 1. The summed E-state index contributed by atoms with van der Waals surface area (Å²) in [6.07, 6.45) is 0.978. The Morgan fingerprint density at radius 2 is 2.38 bits per heavy atom. The van der Waals surface area contributed by atoms with Crippen molar-refractivity contribution >= 4 is 22.6 Å². The molecule has 2 nitrogen and oxygen atoms in total. The third-order valence-corrected chi connectivity index (χ3v) is 2.82. The van der Waals surface area contributed by atoms with Crippen LogP contribution in [0.2, 0.25) is 0 Å². The Balaban J connectivity index is 2.28. The number of β-amino-alcohol motifs (C(OH)–C–C–N with tert-alkyl or cyclic N) is 1. The average Bonchev–Trinajstić information content (AvgIpc) is 1.77. The normalized spacial score (nSPS) is 39.8. The number of hydrogen-bond acceptors (Lipinski definition) is 2. The molecule has 0 aliphatic carbocycles. The van der Waals surface area contributed by atoms with Gasteiger partial charge in [0.15, 0.2) is 0 Å². The minimum absolute atomic E-state index is 0.121. The smallest absolute Gasteiger partial charge is 0.0782 e. The Hall–Kier alpha value is 0.650. The molecule has 1 saturated heterocycles. The molecular formula is C5H10INO. The predicted octanol–water partition coefficient (Wildman–Crippen LogP) is 0.144. The second-order valence-electron chi connectivity index (χ2n) is 2.08. The average molecular weight is 227 g/mol. The first kappa shape index (κ1) is 6.77. The van der Waals surface area contributed by atoms with E-state index in [4.69, 9.17) is 5.11 Å². The monoisotopic (exact) mass is 227 g/mol. The second-order valence-corrected chi connectivity index (χ2v) is 3.68. The van der Waals surface area contributed by atoms with Crippen LogP contribution in [0.3, 0.4) is 0 Å². The fraction of sp³-hybridized carbons (Fsp3) is 1.00. The lowest BCUT2D eigenvalue weighted by Gasteiger charge is -2.23. The molecule has 0 aromatic rings. The van der Waals surface area contributed by atoms with Crippen LogP contribution in [0.4, 0.5) is 0 Å². The highest BCUT2D eigenvalue weighted by Crippen LogP contribution is 2.12. The number of nitrogens with one attached hydrogen (secondary N) is 1. The molecule has 1 fully saturated rings. The minimum atomic E-state index is -0.121. The number of halogens is 1. The zero-order valence-electron chi connectivity index (χ0n) is 4.60. The number of alkyl halides is 1. The van der Waals surface area contributed by atoms with Gasteiger partial charge in [-0.2, -0.15) is 0 Å². The fourth-order valence-corrected chi connectivity index (χ4v) is 1.38. The van der Waals surface area contributed by atoms with Gasteiger partial charge in [0.1, 0.15) is 0 Å². The van der Waals surface area contributed by atoms with Gasteiger partial charge in [-0.25, -0.2) is 0 Å². The molecule has 0 spiro atoms. The lowest BCUT2D eigenvalue weighted by Crippen LogP contribution is -2.40. The van der Waals surface area contributed by atoms with Gasteiger partial charge in [-0.3, -0.25) is 0 Å². The number of piperidine rings is 1. The highest BCUT2D eigenvalue weighted by molar-refractivity contribution is 14.1. The molecule has 0 radical (unpaired) electrons. The molecule has 0 bridgehead atoms. The van der Waals surface area contributed by atoms with Crippen molar-refractivity contribution < 1.29 is 5.11 Å². The zero-order chi connectivity index (χ0) is 5.98. The molecule has 48 valence electrons. The molecule has 2 atom stereocenters. The lowest BCUT2D eigenvalue weighted by molar-refractivity contribution is 0.154. The van der Waals surface area contributed by atoms with Gasteiger partial charge < -0.3 is 10.4 Å². The molecule has 0 amide bonds. The standard InChI is InChI=1S/C5H10INO/c6-4-1-2-7-3-5(4)8/h4-5,7-8H,1-3H2/t4?,5-/m1/s1. The third kappa shape index (κ3) is 1.56. The molecule has 1 aliphatic rings. The first-order valence-electron chi connectivity index (χ1n) is 2.83. The number of hydrogen-bond donors (Lipinski definition) is 2. The van der Waals surface area contributed by atoms with E-state index >= 15 is 0 Å². The van der Waals surface area contributed by atoms with Crippen LogP contribution in [-0.2, 0) is 0 Å². The van der Waals surface area contributed by atoms with Crippen LogP contribution in [0.15, 0.2) is 0 Å². The van der Waals surface area contributed by atoms with Crippen LogP contribution in [0.5, 0.6) is 0 Å². The minimum Gasteiger partial charge on any atom is -0.391 e. The summed E-state index contributed by atoms with van der Waals surface area (Å²) in [6.45, 7) is 1.83. The quantitative estimate of drug-likeness (QED) is 0.456. The van der Waals surface area contributed by atoms with Gasteiger partial charge in [0.05, 0.1) is 6.10 Å². The maximum atomic E-state index is 9.11. The molecule has 0 aromatic heterocycles. The van der Waals surface area contributed by atoms with Crippen molar-refractivity contribution in [1.29, 1.82) is 0 Å². The molecular weight excluding hydrogens is 217 g/mol. The van der Waals surface area contributed by atoms with Crippen molar-refractivity contribution in [2.75, 3.05) is 13.1 Å². The van der Waals surface area contributed by atoms with Crippen LogP contribution >= 0.6 is 22.6 Å². The number of rotatable bonds is 0. The van der Waals surface area contributed by atoms with Crippen molar-refractivity contribution in [3.63, 3.8) is 0 Å². The molecule has 3 heteroatoms. The first-order valence-corrected chi connectivity index (χ1v) is 4.08. The van der Waals surface area contributed by atoms with Crippen LogP contribution < -0.4 is 5.32 Å². The van der Waals surface area contributed by atoms with E-state index in [2.05, 4.69) is 27.9 Å². The van der Waals surface area contributed by atoms with Crippen molar-refractivity contribution in [1.82, 2.24) is 5.32 Å². The van der Waals surface area contributed by atoms with Crippen LogP contribution in [0.1, 0.15) is 6.42 Å². The second kappa shape index (κ2) is 2.98. The van der Waals surface area contributed by atoms with Crippen molar-refractivity contribution in [3.8, 4) is 0 Å². The van der Waals surface area contributed by atoms with Gasteiger partial charge in [0.2, 0.25) is 0 Å². The third-order valence-electron chi connectivity index (χ3n) is 1.37. The van der Waals surface area contributed by atoms with Crippen molar-refractivity contribution in [3.05, 3.63) is 0 Å². The van der Waals surface area contributed by atoms with Crippen LogP contribution in [-0.4, -0.2) is 28.2 Å². The van der Waals surface area contributed by atoms with Gasteiger partial charge in [-0.15, -0.1) is 0 Å². The Bertz CT molecular complexity index is 68.8. The number of aliphatic hydroxyl groups is 1. The SMILES string of the molecule is O[C@@H]1CNCCC1I.